The molecule has 0 aliphatic heterocycles. The second kappa shape index (κ2) is 21.6. The maximum Gasteiger partial charge on any atom is 0.334 e. The lowest BCUT2D eigenvalue weighted by Crippen LogP contribution is -2.21. The van der Waals surface area contributed by atoms with Gasteiger partial charge in [-0.1, -0.05) is 64.7 Å². The molecular weight excluding hydrogens is 348 g/mol. The van der Waals surface area contributed by atoms with Gasteiger partial charge in [-0.05, 0) is 13.3 Å². The average molecular weight is 391 g/mol. The van der Waals surface area contributed by atoms with Crippen LogP contribution in [0.5, 0.6) is 0 Å². The van der Waals surface area contributed by atoms with E-state index in [1.54, 1.807) is 0 Å². The number of esters is 1. The van der Waals surface area contributed by atoms with Crippen molar-refractivity contribution in [2.24, 2.45) is 0 Å². The average Bonchev–Trinajstić information content (AvgIpc) is 2.66. The summed E-state index contributed by atoms with van der Waals surface area (Å²) in [6, 6.07) is 0. The zero-order valence-corrected chi connectivity index (χ0v) is 17.6. The Bertz CT molecular complexity index is 309. The van der Waals surface area contributed by atoms with Crippen molar-refractivity contribution in [3.05, 3.63) is 0 Å². The molecule has 6 heteroatoms. The van der Waals surface area contributed by atoms with Crippen molar-refractivity contribution in [1.29, 1.82) is 0 Å². The van der Waals surface area contributed by atoms with E-state index in [2.05, 4.69) is 6.92 Å². The molecule has 0 aliphatic carbocycles. The quantitative estimate of drug-likeness (QED) is 0.237. The molecule has 0 rings (SSSR count). The molecule has 1 N–H and O–H groups in total. The molecule has 0 unspecified atom stereocenters. The highest BCUT2D eigenvalue weighted by atomic mass is 16.6. The van der Waals surface area contributed by atoms with Crippen LogP contribution < -0.4 is 0 Å². The summed E-state index contributed by atoms with van der Waals surface area (Å²) in [6.07, 6.45) is 12.2. The molecule has 1 atom stereocenters. The molecule has 0 spiro atoms. The van der Waals surface area contributed by atoms with Crippen LogP contribution in [0.3, 0.4) is 0 Å². The van der Waals surface area contributed by atoms with Crippen molar-refractivity contribution in [3.63, 3.8) is 0 Å². The number of carbonyl (C=O) groups excluding carboxylic acids is 1. The second-order valence-corrected chi connectivity index (χ2v) is 6.86. The molecule has 0 fully saturated rings. The molecule has 6 nitrogen and oxygen atoms in total. The molecule has 0 saturated carbocycles. The largest absolute Gasteiger partial charge is 0.461 e. The van der Waals surface area contributed by atoms with E-state index in [-0.39, 0.29) is 6.61 Å². The lowest BCUT2D eigenvalue weighted by molar-refractivity contribution is -0.154. The van der Waals surface area contributed by atoms with Crippen LogP contribution in [0.15, 0.2) is 0 Å². The highest BCUT2D eigenvalue weighted by molar-refractivity contribution is 5.73. The van der Waals surface area contributed by atoms with Crippen LogP contribution >= 0.6 is 0 Å². The number of aliphatic hydroxyl groups is 1. The maximum atomic E-state index is 11.0. The van der Waals surface area contributed by atoms with Gasteiger partial charge in [0.15, 0.2) is 0 Å². The van der Waals surface area contributed by atoms with E-state index in [1.807, 2.05) is 0 Å². The van der Waals surface area contributed by atoms with Crippen LogP contribution in [0.1, 0.15) is 78.1 Å². The number of hydrogen-bond acceptors (Lipinski definition) is 6. The van der Waals surface area contributed by atoms with Gasteiger partial charge >= 0.3 is 5.97 Å². The molecule has 27 heavy (non-hydrogen) atoms. The van der Waals surface area contributed by atoms with Crippen LogP contribution in [0.2, 0.25) is 0 Å². The summed E-state index contributed by atoms with van der Waals surface area (Å²) in [7, 11) is 0. The number of hydrogen-bond donors (Lipinski definition) is 1. The van der Waals surface area contributed by atoms with E-state index < -0.39 is 12.1 Å². The van der Waals surface area contributed by atoms with Gasteiger partial charge in [-0.3, -0.25) is 0 Å². The molecular formula is C21H42O6. The first-order valence-electron chi connectivity index (χ1n) is 10.8. The minimum absolute atomic E-state index is 0.145. The standard InChI is InChI=1S/C21H42O6/c1-3-4-5-6-7-8-9-10-11-12-13-24-14-15-25-16-17-26-18-19-27-21(23)20(2)22/h20,22H,3-19H2,1-2H3/t20-/m1/s1. The highest BCUT2D eigenvalue weighted by Crippen LogP contribution is 2.10. The van der Waals surface area contributed by atoms with E-state index >= 15 is 0 Å². The smallest absolute Gasteiger partial charge is 0.334 e. The van der Waals surface area contributed by atoms with Crippen molar-refractivity contribution in [2.45, 2.75) is 84.2 Å². The molecule has 0 aromatic heterocycles. The summed E-state index contributed by atoms with van der Waals surface area (Å²) in [6.45, 7) is 7.01. The zero-order valence-electron chi connectivity index (χ0n) is 17.6. The third-order valence-electron chi connectivity index (χ3n) is 4.20. The van der Waals surface area contributed by atoms with Gasteiger partial charge in [-0.25, -0.2) is 4.79 Å². The number of carbonyl (C=O) groups is 1. The summed E-state index contributed by atoms with van der Waals surface area (Å²) in [4.78, 5) is 11.0. The maximum absolute atomic E-state index is 11.0. The van der Waals surface area contributed by atoms with Gasteiger partial charge < -0.3 is 24.1 Å². The summed E-state index contributed by atoms with van der Waals surface area (Å²) < 4.78 is 21.0. The normalized spacial score (nSPS) is 12.3. The third kappa shape index (κ3) is 21.5. The Kier molecular flexibility index (Phi) is 21.1. The summed E-state index contributed by atoms with van der Waals surface area (Å²) in [5, 5.41) is 8.93. The SMILES string of the molecule is CCCCCCCCCCCCOCCOCCOCCOC(=O)[C@@H](C)O. The number of unbranched alkanes of at least 4 members (excludes halogenated alkanes) is 9. The van der Waals surface area contributed by atoms with E-state index in [0.717, 1.165) is 13.0 Å². The molecule has 0 radical (unpaired) electrons. The fourth-order valence-corrected chi connectivity index (χ4v) is 2.56. The van der Waals surface area contributed by atoms with Gasteiger partial charge in [0.2, 0.25) is 0 Å². The number of rotatable bonds is 21. The van der Waals surface area contributed by atoms with Crippen molar-refractivity contribution in [2.75, 3.05) is 46.2 Å². The van der Waals surface area contributed by atoms with Crippen molar-refractivity contribution >= 4 is 5.97 Å². The first-order chi connectivity index (χ1) is 13.2. The Labute approximate surface area is 165 Å². The molecule has 0 aromatic carbocycles. The predicted octanol–water partition coefficient (Wildman–Crippen LogP) is 3.88. The summed E-state index contributed by atoms with van der Waals surface area (Å²) in [5.41, 5.74) is 0. The predicted molar refractivity (Wildman–Crippen MR) is 107 cm³/mol. The van der Waals surface area contributed by atoms with Crippen LogP contribution in [0, 0.1) is 0 Å². The molecule has 0 saturated heterocycles. The third-order valence-corrected chi connectivity index (χ3v) is 4.20. The topological polar surface area (TPSA) is 74.2 Å². The molecule has 162 valence electrons. The first-order valence-corrected chi connectivity index (χ1v) is 10.8. The number of ether oxygens (including phenoxy) is 4. The Morgan fingerprint density at radius 2 is 1.07 bits per heavy atom. The summed E-state index contributed by atoms with van der Waals surface area (Å²) >= 11 is 0. The van der Waals surface area contributed by atoms with Crippen molar-refractivity contribution < 1.29 is 28.8 Å². The minimum Gasteiger partial charge on any atom is -0.461 e. The Hall–Kier alpha value is -0.690. The number of aliphatic hydroxyl groups excluding tert-OH is 1. The van der Waals surface area contributed by atoms with Crippen LogP contribution in [-0.4, -0.2) is 63.4 Å². The van der Waals surface area contributed by atoms with Gasteiger partial charge in [0.05, 0.1) is 33.0 Å². The van der Waals surface area contributed by atoms with Gasteiger partial charge in [0.1, 0.15) is 12.7 Å². The van der Waals surface area contributed by atoms with Crippen LogP contribution in [0.4, 0.5) is 0 Å². The van der Waals surface area contributed by atoms with Gasteiger partial charge in [-0.2, -0.15) is 0 Å². The molecule has 0 aromatic rings. The van der Waals surface area contributed by atoms with E-state index in [1.165, 1.54) is 64.7 Å². The minimum atomic E-state index is -1.09. The van der Waals surface area contributed by atoms with Gasteiger partial charge in [0.25, 0.3) is 0 Å². The zero-order chi connectivity index (χ0) is 20.0. The first kappa shape index (κ1) is 26.3. The molecule has 0 amide bonds. The van der Waals surface area contributed by atoms with E-state index in [9.17, 15) is 4.79 Å². The van der Waals surface area contributed by atoms with Gasteiger partial charge in [-0.15, -0.1) is 0 Å². The fourth-order valence-electron chi connectivity index (χ4n) is 2.56. The van der Waals surface area contributed by atoms with Gasteiger partial charge in [0, 0.05) is 6.61 Å². The fraction of sp³-hybridized carbons (Fsp3) is 0.952. The van der Waals surface area contributed by atoms with Crippen LogP contribution in [-0.2, 0) is 23.7 Å². The highest BCUT2D eigenvalue weighted by Gasteiger charge is 2.08. The lowest BCUT2D eigenvalue weighted by atomic mass is 10.1. The summed E-state index contributed by atoms with van der Waals surface area (Å²) in [5.74, 6) is -0.630. The second-order valence-electron chi connectivity index (χ2n) is 6.86. The van der Waals surface area contributed by atoms with Crippen LogP contribution in [0.25, 0.3) is 0 Å². The molecule has 0 aliphatic rings. The lowest BCUT2D eigenvalue weighted by Gasteiger charge is -2.08. The van der Waals surface area contributed by atoms with E-state index in [0.29, 0.717) is 33.0 Å². The molecule has 0 bridgehead atoms. The van der Waals surface area contributed by atoms with Crippen molar-refractivity contribution in [1.82, 2.24) is 0 Å². The molecule has 0 heterocycles. The Morgan fingerprint density at radius 1 is 0.667 bits per heavy atom. The monoisotopic (exact) mass is 390 g/mol. The van der Waals surface area contributed by atoms with Crippen molar-refractivity contribution in [3.8, 4) is 0 Å². The van der Waals surface area contributed by atoms with E-state index in [4.69, 9.17) is 24.1 Å². The Morgan fingerprint density at radius 3 is 1.56 bits per heavy atom. The Balaban J connectivity index is 3.04.